The molecular weight excluding hydrogens is 644 g/mol. The highest BCUT2D eigenvalue weighted by atomic mass is 32.2. The number of pyridine rings is 1. The second kappa shape index (κ2) is 12.2. The number of hydrogen-bond acceptors (Lipinski definition) is 8. The summed E-state index contributed by atoms with van der Waals surface area (Å²) in [4.78, 5) is 47.4. The standard InChI is InChI=1S/C34H39F2N5O6S/c35-33(36)15-7-1-2-11-26(37)31(43)41-19-21(47-30-25-10-4-3-8-23(25)24-9-5-6-12-27(24)38-30)16-28(41)29(42)39-34(18-20(34)17-33)32(44)40-48(45,46)22-13-14-22/h3-6,8-10,12,20-22,26,28H,1-2,7,11,13-19,37H2,(H,39,42)(H,40,44)/t20?,21-,26?,28+,34-/m1/s1. The Kier molecular flexibility index (Phi) is 8.30. The lowest BCUT2D eigenvalue weighted by molar-refractivity contribution is -0.140. The van der Waals surface area contributed by atoms with Crippen molar-refractivity contribution in [3.05, 3.63) is 48.5 Å². The predicted octanol–water partition coefficient (Wildman–Crippen LogP) is 3.54. The molecule has 3 heterocycles. The number of benzene rings is 2. The Balaban J connectivity index is 1.19. The molecule has 14 heteroatoms. The number of aromatic nitrogens is 1. The number of nitrogens with two attached hydrogens (primary N) is 1. The number of sulfonamides is 1. The van der Waals surface area contributed by atoms with Gasteiger partial charge in [-0.2, -0.15) is 0 Å². The van der Waals surface area contributed by atoms with Crippen LogP contribution in [0.25, 0.3) is 21.7 Å². The summed E-state index contributed by atoms with van der Waals surface area (Å²) in [5, 5.41) is 4.54. The van der Waals surface area contributed by atoms with Crippen LogP contribution in [-0.4, -0.2) is 77.5 Å². The van der Waals surface area contributed by atoms with Crippen LogP contribution in [-0.2, 0) is 24.4 Å². The quantitative estimate of drug-likeness (QED) is 0.345. The Morgan fingerprint density at radius 3 is 2.44 bits per heavy atom. The number of para-hydroxylation sites is 1. The van der Waals surface area contributed by atoms with Crippen LogP contribution in [0.15, 0.2) is 48.5 Å². The number of rotatable bonds is 5. The molecule has 5 atom stereocenters. The summed E-state index contributed by atoms with van der Waals surface area (Å²) in [7, 11) is -4.02. The van der Waals surface area contributed by atoms with E-state index in [9.17, 15) is 22.8 Å². The lowest BCUT2D eigenvalue weighted by Gasteiger charge is -2.28. The number of hydrogen-bond donors (Lipinski definition) is 3. The van der Waals surface area contributed by atoms with Gasteiger partial charge in [-0.15, -0.1) is 0 Å². The van der Waals surface area contributed by atoms with Gasteiger partial charge in [-0.25, -0.2) is 22.2 Å². The van der Waals surface area contributed by atoms with Crippen molar-refractivity contribution in [3.8, 4) is 5.88 Å². The maximum atomic E-state index is 15.1. The molecule has 48 heavy (non-hydrogen) atoms. The summed E-state index contributed by atoms with van der Waals surface area (Å²) in [5.74, 6) is -6.04. The summed E-state index contributed by atoms with van der Waals surface area (Å²) < 4.78 is 64.0. The first kappa shape index (κ1) is 32.6. The fourth-order valence-corrected chi connectivity index (χ4v) is 8.63. The molecule has 2 aliphatic heterocycles. The Labute approximate surface area is 277 Å². The molecular formula is C34H39F2N5O6S. The first-order valence-electron chi connectivity index (χ1n) is 16.6. The van der Waals surface area contributed by atoms with Gasteiger partial charge in [0.1, 0.15) is 17.7 Å². The molecule has 0 bridgehead atoms. The topological polar surface area (TPSA) is 161 Å². The summed E-state index contributed by atoms with van der Waals surface area (Å²) in [6.07, 6.45) is 0.203. The minimum absolute atomic E-state index is 0.00418. The summed E-state index contributed by atoms with van der Waals surface area (Å²) >= 11 is 0. The normalized spacial score (nSPS) is 29.7. The second-order valence-electron chi connectivity index (χ2n) is 13.8. The van der Waals surface area contributed by atoms with Crippen LogP contribution in [0.1, 0.15) is 64.2 Å². The SMILES string of the molecule is NC1CCCCCC(F)(F)CC2C[C@@]2(C(=O)NS(=O)(=O)C2CC2)NC(=O)[C@@H]2C[C@@H](Oc3nc4ccccc4c4ccccc34)CN2C1=O. The average Bonchev–Trinajstić information content (AvgIpc) is 3.97. The van der Waals surface area contributed by atoms with Crippen molar-refractivity contribution in [2.75, 3.05) is 6.54 Å². The largest absolute Gasteiger partial charge is 0.472 e. The van der Waals surface area contributed by atoms with E-state index in [4.69, 9.17) is 15.5 Å². The van der Waals surface area contributed by atoms with Crippen LogP contribution in [0.4, 0.5) is 8.78 Å². The van der Waals surface area contributed by atoms with Gasteiger partial charge in [0.2, 0.25) is 33.6 Å². The van der Waals surface area contributed by atoms with E-state index in [1.165, 1.54) is 4.90 Å². The van der Waals surface area contributed by atoms with Gasteiger partial charge in [-0.05, 0) is 55.5 Å². The number of carbonyl (C=O) groups excluding carboxylic acids is 3. The number of alkyl halides is 2. The van der Waals surface area contributed by atoms with Crippen molar-refractivity contribution < 1.29 is 36.3 Å². The highest BCUT2D eigenvalue weighted by molar-refractivity contribution is 7.91. The van der Waals surface area contributed by atoms with Crippen LogP contribution in [0.2, 0.25) is 0 Å². The van der Waals surface area contributed by atoms with E-state index >= 15 is 8.78 Å². The van der Waals surface area contributed by atoms with Gasteiger partial charge >= 0.3 is 0 Å². The van der Waals surface area contributed by atoms with Gasteiger partial charge in [0.25, 0.3) is 5.91 Å². The summed E-state index contributed by atoms with van der Waals surface area (Å²) in [5.41, 5.74) is 5.16. The second-order valence-corrected chi connectivity index (χ2v) is 15.7. The van der Waals surface area contributed by atoms with Crippen molar-refractivity contribution in [3.63, 3.8) is 0 Å². The number of fused-ring (bicyclic) bond motifs is 5. The van der Waals surface area contributed by atoms with E-state index in [1.807, 2.05) is 48.5 Å². The van der Waals surface area contributed by atoms with Gasteiger partial charge in [-0.1, -0.05) is 49.2 Å². The zero-order chi connectivity index (χ0) is 33.8. The molecule has 2 aliphatic carbocycles. The van der Waals surface area contributed by atoms with Crippen LogP contribution in [0, 0.1) is 5.92 Å². The molecule has 4 N–H and O–H groups in total. The van der Waals surface area contributed by atoms with Crippen molar-refractivity contribution >= 4 is 49.4 Å². The minimum Gasteiger partial charge on any atom is -0.472 e. The van der Waals surface area contributed by atoms with Crippen molar-refractivity contribution in [1.82, 2.24) is 19.9 Å². The molecule has 2 saturated carbocycles. The van der Waals surface area contributed by atoms with Gasteiger partial charge in [0, 0.05) is 30.0 Å². The van der Waals surface area contributed by atoms with E-state index < -0.39 is 81.4 Å². The molecule has 0 spiro atoms. The van der Waals surface area contributed by atoms with Crippen molar-refractivity contribution in [2.45, 2.75) is 99.1 Å². The number of nitrogens with one attached hydrogen (secondary N) is 2. The van der Waals surface area contributed by atoms with E-state index in [2.05, 4.69) is 10.0 Å². The molecule has 2 saturated heterocycles. The van der Waals surface area contributed by atoms with Gasteiger partial charge in [0.15, 0.2) is 0 Å². The number of carbonyl (C=O) groups is 3. The number of amides is 3. The average molecular weight is 684 g/mol. The molecule has 4 aliphatic rings. The zero-order valence-electron chi connectivity index (χ0n) is 26.4. The first-order valence-corrected chi connectivity index (χ1v) is 18.2. The Bertz CT molecular complexity index is 1890. The Morgan fingerprint density at radius 2 is 1.69 bits per heavy atom. The van der Waals surface area contributed by atoms with Crippen molar-refractivity contribution in [2.24, 2.45) is 11.7 Å². The first-order chi connectivity index (χ1) is 22.9. The fourth-order valence-electron chi connectivity index (χ4n) is 7.27. The Hall–Kier alpha value is -3.91. The highest BCUT2D eigenvalue weighted by Gasteiger charge is 2.65. The molecule has 3 aromatic rings. The third-order valence-electron chi connectivity index (χ3n) is 10.2. The van der Waals surface area contributed by atoms with E-state index in [1.54, 1.807) is 0 Å². The van der Waals surface area contributed by atoms with Crippen molar-refractivity contribution in [1.29, 1.82) is 0 Å². The van der Waals surface area contributed by atoms with Gasteiger partial charge in [-0.3, -0.25) is 19.1 Å². The molecule has 1 aromatic heterocycles. The molecule has 0 radical (unpaired) electrons. The lowest BCUT2D eigenvalue weighted by Crippen LogP contribution is -2.58. The number of halogens is 2. The van der Waals surface area contributed by atoms with Crippen LogP contribution >= 0.6 is 0 Å². The zero-order valence-corrected chi connectivity index (χ0v) is 27.2. The third-order valence-corrected chi connectivity index (χ3v) is 12.0. The molecule has 7 rings (SSSR count). The molecule has 4 fully saturated rings. The maximum absolute atomic E-state index is 15.1. The smallest absolute Gasteiger partial charge is 0.259 e. The van der Waals surface area contributed by atoms with E-state index in [-0.39, 0.29) is 32.2 Å². The van der Waals surface area contributed by atoms with Crippen LogP contribution in [0.5, 0.6) is 5.88 Å². The third kappa shape index (κ3) is 6.31. The fraction of sp³-hybridized carbons (Fsp3) is 0.529. The molecule has 11 nitrogen and oxygen atoms in total. The Morgan fingerprint density at radius 1 is 0.979 bits per heavy atom. The van der Waals surface area contributed by atoms with Gasteiger partial charge in [0.05, 0.1) is 23.4 Å². The molecule has 3 amide bonds. The number of ether oxygens (including phenoxy) is 1. The minimum atomic E-state index is -4.02. The lowest BCUT2D eigenvalue weighted by atomic mass is 10.0. The summed E-state index contributed by atoms with van der Waals surface area (Å²) in [6, 6.07) is 13.1. The molecule has 2 unspecified atom stereocenters. The maximum Gasteiger partial charge on any atom is 0.259 e. The predicted molar refractivity (Wildman–Crippen MR) is 173 cm³/mol. The van der Waals surface area contributed by atoms with Crippen LogP contribution < -0.4 is 20.5 Å². The summed E-state index contributed by atoms with van der Waals surface area (Å²) in [6.45, 7) is 0.00418. The van der Waals surface area contributed by atoms with E-state index in [0.29, 0.717) is 37.1 Å². The monoisotopic (exact) mass is 683 g/mol. The molecule has 256 valence electrons. The van der Waals surface area contributed by atoms with Crippen LogP contribution in [0.3, 0.4) is 0 Å². The van der Waals surface area contributed by atoms with Gasteiger partial charge < -0.3 is 20.7 Å². The highest BCUT2D eigenvalue weighted by Crippen LogP contribution is 2.51. The number of nitrogens with zero attached hydrogens (tertiary/aromatic N) is 2. The molecule has 2 aromatic carbocycles. The van der Waals surface area contributed by atoms with E-state index in [0.717, 1.165) is 16.2 Å².